The maximum absolute atomic E-state index is 13.5. The van der Waals surface area contributed by atoms with Gasteiger partial charge in [0.15, 0.2) is 0 Å². The van der Waals surface area contributed by atoms with Gasteiger partial charge in [-0.05, 0) is 36.4 Å². The van der Waals surface area contributed by atoms with Crippen LogP contribution < -0.4 is 5.32 Å². The first kappa shape index (κ1) is 12.6. The number of hydrogen-bond donors (Lipinski definition) is 1. The van der Waals surface area contributed by atoms with Gasteiger partial charge >= 0.3 is 0 Å². The molecule has 0 saturated carbocycles. The molecule has 2 rings (SSSR count). The molecule has 18 heavy (non-hydrogen) atoms. The third-order valence-corrected chi connectivity index (χ3v) is 2.98. The van der Waals surface area contributed by atoms with Gasteiger partial charge in [-0.25, -0.2) is 4.39 Å². The summed E-state index contributed by atoms with van der Waals surface area (Å²) >= 11 is 3.31. The standard InChI is InChI=1S/C14H10BrFN2/c15-12-4-5-14(16)11(7-12)9-18-13-3-1-2-10(6-13)8-17/h1-7,18H,9H2. The summed E-state index contributed by atoms with van der Waals surface area (Å²) < 4.78 is 14.3. The van der Waals surface area contributed by atoms with E-state index in [4.69, 9.17) is 5.26 Å². The highest BCUT2D eigenvalue weighted by molar-refractivity contribution is 9.10. The van der Waals surface area contributed by atoms with Crippen LogP contribution in [0, 0.1) is 17.1 Å². The lowest BCUT2D eigenvalue weighted by Gasteiger charge is -2.08. The molecule has 0 fully saturated rings. The van der Waals surface area contributed by atoms with Gasteiger partial charge in [-0.15, -0.1) is 0 Å². The Morgan fingerprint density at radius 3 is 2.83 bits per heavy atom. The van der Waals surface area contributed by atoms with E-state index in [0.717, 1.165) is 10.2 Å². The van der Waals surface area contributed by atoms with E-state index in [1.807, 2.05) is 6.07 Å². The van der Waals surface area contributed by atoms with E-state index in [9.17, 15) is 4.39 Å². The normalized spacial score (nSPS) is 9.83. The zero-order valence-corrected chi connectivity index (χ0v) is 11.0. The molecular formula is C14H10BrFN2. The molecular weight excluding hydrogens is 295 g/mol. The first-order chi connectivity index (χ1) is 8.69. The molecule has 0 aromatic heterocycles. The molecule has 0 spiro atoms. The third-order valence-electron chi connectivity index (χ3n) is 2.48. The first-order valence-electron chi connectivity index (χ1n) is 5.37. The lowest BCUT2D eigenvalue weighted by molar-refractivity contribution is 0.612. The van der Waals surface area contributed by atoms with Gasteiger partial charge in [-0.1, -0.05) is 22.0 Å². The van der Waals surface area contributed by atoms with Crippen LogP contribution in [0.25, 0.3) is 0 Å². The quantitative estimate of drug-likeness (QED) is 0.927. The smallest absolute Gasteiger partial charge is 0.128 e. The van der Waals surface area contributed by atoms with Crippen LogP contribution >= 0.6 is 15.9 Å². The van der Waals surface area contributed by atoms with Crippen LogP contribution in [0.3, 0.4) is 0 Å². The number of benzene rings is 2. The van der Waals surface area contributed by atoms with Crippen LogP contribution in [0.5, 0.6) is 0 Å². The molecule has 1 N–H and O–H groups in total. The highest BCUT2D eigenvalue weighted by Gasteiger charge is 2.03. The van der Waals surface area contributed by atoms with Crippen LogP contribution in [0.1, 0.15) is 11.1 Å². The fourth-order valence-electron chi connectivity index (χ4n) is 1.57. The van der Waals surface area contributed by atoms with Crippen molar-refractivity contribution >= 4 is 21.6 Å². The van der Waals surface area contributed by atoms with Gasteiger partial charge in [0.2, 0.25) is 0 Å². The number of nitrogens with one attached hydrogen (secondary N) is 1. The van der Waals surface area contributed by atoms with Crippen LogP contribution in [-0.2, 0) is 6.54 Å². The summed E-state index contributed by atoms with van der Waals surface area (Å²) in [6.45, 7) is 0.375. The predicted molar refractivity (Wildman–Crippen MR) is 72.6 cm³/mol. The van der Waals surface area contributed by atoms with Crippen molar-refractivity contribution in [3.63, 3.8) is 0 Å². The average molecular weight is 305 g/mol. The van der Waals surface area contributed by atoms with E-state index in [2.05, 4.69) is 27.3 Å². The molecule has 0 aliphatic rings. The lowest BCUT2D eigenvalue weighted by atomic mass is 10.2. The van der Waals surface area contributed by atoms with Crippen molar-refractivity contribution in [1.29, 1.82) is 5.26 Å². The van der Waals surface area contributed by atoms with Crippen LogP contribution in [0.2, 0.25) is 0 Å². The Morgan fingerprint density at radius 1 is 1.22 bits per heavy atom. The molecule has 0 saturated heterocycles. The predicted octanol–water partition coefficient (Wildman–Crippen LogP) is 4.07. The molecule has 0 atom stereocenters. The number of anilines is 1. The maximum atomic E-state index is 13.5. The van der Waals surface area contributed by atoms with Crippen molar-refractivity contribution in [3.8, 4) is 6.07 Å². The van der Waals surface area contributed by atoms with Gasteiger partial charge in [0.1, 0.15) is 5.82 Å². The largest absolute Gasteiger partial charge is 0.381 e. The Morgan fingerprint density at radius 2 is 2.06 bits per heavy atom. The molecule has 4 heteroatoms. The highest BCUT2D eigenvalue weighted by atomic mass is 79.9. The van der Waals surface area contributed by atoms with Crippen LogP contribution in [0.4, 0.5) is 10.1 Å². The second-order valence-corrected chi connectivity index (χ2v) is 4.70. The second kappa shape index (κ2) is 5.65. The van der Waals surface area contributed by atoms with Crippen molar-refractivity contribution in [3.05, 3.63) is 63.9 Å². The third kappa shape index (κ3) is 3.08. The Labute approximate surface area is 113 Å². The molecule has 0 aliphatic carbocycles. The molecule has 90 valence electrons. The van der Waals surface area contributed by atoms with E-state index in [-0.39, 0.29) is 5.82 Å². The Bertz CT molecular complexity index is 605. The monoisotopic (exact) mass is 304 g/mol. The summed E-state index contributed by atoms with van der Waals surface area (Å²) in [5.41, 5.74) is 1.95. The SMILES string of the molecule is N#Cc1cccc(NCc2cc(Br)ccc2F)c1. The van der Waals surface area contributed by atoms with Gasteiger partial charge in [0.05, 0.1) is 11.6 Å². The minimum atomic E-state index is -0.248. The minimum Gasteiger partial charge on any atom is -0.381 e. The van der Waals surface area contributed by atoms with Crippen LogP contribution in [0.15, 0.2) is 46.9 Å². The van der Waals surface area contributed by atoms with E-state index in [1.165, 1.54) is 6.07 Å². The zero-order chi connectivity index (χ0) is 13.0. The number of nitriles is 1. The van der Waals surface area contributed by atoms with Crippen molar-refractivity contribution < 1.29 is 4.39 Å². The molecule has 0 bridgehead atoms. The van der Waals surface area contributed by atoms with E-state index < -0.39 is 0 Å². The summed E-state index contributed by atoms with van der Waals surface area (Å²) in [7, 11) is 0. The number of nitrogens with zero attached hydrogens (tertiary/aromatic N) is 1. The highest BCUT2D eigenvalue weighted by Crippen LogP contribution is 2.17. The Hall–Kier alpha value is -1.86. The van der Waals surface area contributed by atoms with E-state index in [0.29, 0.717) is 17.7 Å². The van der Waals surface area contributed by atoms with Crippen molar-refractivity contribution in [2.75, 3.05) is 5.32 Å². The molecule has 0 unspecified atom stereocenters. The van der Waals surface area contributed by atoms with Crippen molar-refractivity contribution in [2.45, 2.75) is 6.54 Å². The molecule has 2 nitrogen and oxygen atoms in total. The van der Waals surface area contributed by atoms with Crippen molar-refractivity contribution in [2.24, 2.45) is 0 Å². The fourth-order valence-corrected chi connectivity index (χ4v) is 1.98. The zero-order valence-electron chi connectivity index (χ0n) is 9.45. The number of hydrogen-bond acceptors (Lipinski definition) is 2. The Kier molecular flexibility index (Phi) is 3.96. The van der Waals surface area contributed by atoms with E-state index in [1.54, 1.807) is 30.3 Å². The van der Waals surface area contributed by atoms with Gasteiger partial charge < -0.3 is 5.32 Å². The van der Waals surface area contributed by atoms with Gasteiger partial charge in [-0.3, -0.25) is 0 Å². The van der Waals surface area contributed by atoms with Gasteiger partial charge in [-0.2, -0.15) is 5.26 Å². The first-order valence-corrected chi connectivity index (χ1v) is 6.16. The Balaban J connectivity index is 2.11. The summed E-state index contributed by atoms with van der Waals surface area (Å²) in [6.07, 6.45) is 0. The summed E-state index contributed by atoms with van der Waals surface area (Å²) in [6, 6.07) is 14.0. The second-order valence-electron chi connectivity index (χ2n) is 3.78. The number of rotatable bonds is 3. The summed E-state index contributed by atoms with van der Waals surface area (Å²) in [5.74, 6) is -0.248. The molecule has 0 heterocycles. The topological polar surface area (TPSA) is 35.8 Å². The van der Waals surface area contributed by atoms with Gasteiger partial charge in [0, 0.05) is 22.3 Å². The van der Waals surface area contributed by atoms with Crippen LogP contribution in [-0.4, -0.2) is 0 Å². The van der Waals surface area contributed by atoms with E-state index >= 15 is 0 Å². The maximum Gasteiger partial charge on any atom is 0.128 e. The molecule has 0 aliphatic heterocycles. The minimum absolute atomic E-state index is 0.248. The number of halogens is 2. The van der Waals surface area contributed by atoms with Gasteiger partial charge in [0.25, 0.3) is 0 Å². The fraction of sp³-hybridized carbons (Fsp3) is 0.0714. The summed E-state index contributed by atoms with van der Waals surface area (Å²) in [4.78, 5) is 0. The lowest BCUT2D eigenvalue weighted by Crippen LogP contribution is -2.01. The molecule has 0 amide bonds. The average Bonchev–Trinajstić information content (AvgIpc) is 2.40. The molecule has 2 aromatic rings. The van der Waals surface area contributed by atoms with Crippen molar-refractivity contribution in [1.82, 2.24) is 0 Å². The summed E-state index contributed by atoms with van der Waals surface area (Å²) in [5, 5.41) is 11.9. The molecule has 2 aromatic carbocycles. The molecule has 0 radical (unpaired) electrons.